The minimum absolute atomic E-state index is 0.230. The van der Waals surface area contributed by atoms with E-state index in [4.69, 9.17) is 17.4 Å². The Balaban J connectivity index is 2.85. The first-order valence-electron chi connectivity index (χ1n) is 5.30. The Labute approximate surface area is 106 Å². The Hall–Kier alpha value is -0.230. The molecule has 6 heteroatoms. The average molecular weight is 263 g/mol. The molecule has 92 valence electrons. The second kappa shape index (κ2) is 6.49. The van der Waals surface area contributed by atoms with Crippen molar-refractivity contribution in [2.75, 3.05) is 12.0 Å². The number of halogens is 1. The highest BCUT2D eigenvalue weighted by Gasteiger charge is 2.16. The zero-order valence-corrected chi connectivity index (χ0v) is 11.5. The van der Waals surface area contributed by atoms with Crippen molar-refractivity contribution in [2.24, 2.45) is 5.84 Å². The van der Waals surface area contributed by atoms with Gasteiger partial charge in [0.1, 0.15) is 0 Å². The molecule has 0 amide bonds. The molecule has 1 atom stereocenters. The summed E-state index contributed by atoms with van der Waals surface area (Å²) in [6, 6.07) is 0.230. The van der Waals surface area contributed by atoms with Crippen molar-refractivity contribution < 1.29 is 0 Å². The first kappa shape index (κ1) is 13.8. The lowest BCUT2D eigenvalue weighted by atomic mass is 10.2. The van der Waals surface area contributed by atoms with Crippen LogP contribution in [-0.4, -0.2) is 27.8 Å². The third-order valence-corrected chi connectivity index (χ3v) is 3.72. The fourth-order valence-electron chi connectivity index (χ4n) is 1.66. The van der Waals surface area contributed by atoms with Gasteiger partial charge in [0, 0.05) is 24.8 Å². The quantitative estimate of drug-likeness (QED) is 0.604. The molecule has 0 aromatic carbocycles. The summed E-state index contributed by atoms with van der Waals surface area (Å²) in [5, 5.41) is 5.15. The zero-order chi connectivity index (χ0) is 12.1. The Morgan fingerprint density at radius 2 is 2.31 bits per heavy atom. The van der Waals surface area contributed by atoms with Crippen molar-refractivity contribution in [3.8, 4) is 0 Å². The molecule has 0 aliphatic carbocycles. The summed E-state index contributed by atoms with van der Waals surface area (Å²) >= 11 is 8.00. The van der Waals surface area contributed by atoms with Crippen LogP contribution in [0.1, 0.15) is 18.3 Å². The molecule has 3 N–H and O–H groups in total. The molecule has 1 unspecified atom stereocenters. The first-order chi connectivity index (χ1) is 7.63. The van der Waals surface area contributed by atoms with Crippen molar-refractivity contribution >= 4 is 23.4 Å². The molecule has 1 heterocycles. The molecule has 0 aliphatic rings. The molecular formula is C10H19ClN4S. The van der Waals surface area contributed by atoms with Crippen LogP contribution < -0.4 is 11.3 Å². The number of hydrazine groups is 1. The van der Waals surface area contributed by atoms with E-state index in [1.54, 1.807) is 11.8 Å². The van der Waals surface area contributed by atoms with Gasteiger partial charge in [0.2, 0.25) is 0 Å². The highest BCUT2D eigenvalue weighted by Crippen LogP contribution is 2.22. The molecule has 1 rings (SSSR count). The lowest BCUT2D eigenvalue weighted by Gasteiger charge is -2.15. The van der Waals surface area contributed by atoms with Gasteiger partial charge in [-0.05, 0) is 20.1 Å². The molecule has 0 spiro atoms. The van der Waals surface area contributed by atoms with E-state index >= 15 is 0 Å². The second-order valence-corrected chi connectivity index (χ2v) is 4.97. The van der Waals surface area contributed by atoms with E-state index in [-0.39, 0.29) is 6.04 Å². The average Bonchev–Trinajstić information content (AvgIpc) is 2.55. The molecule has 4 nitrogen and oxygen atoms in total. The van der Waals surface area contributed by atoms with Crippen molar-refractivity contribution in [1.29, 1.82) is 0 Å². The summed E-state index contributed by atoms with van der Waals surface area (Å²) < 4.78 is 1.95. The van der Waals surface area contributed by atoms with E-state index in [1.807, 2.05) is 11.6 Å². The number of hydrogen-bond acceptors (Lipinski definition) is 4. The molecule has 0 radical (unpaired) electrons. The van der Waals surface area contributed by atoms with Gasteiger partial charge in [-0.2, -0.15) is 16.9 Å². The topological polar surface area (TPSA) is 55.9 Å². The van der Waals surface area contributed by atoms with Gasteiger partial charge in [0.15, 0.2) is 0 Å². The highest BCUT2D eigenvalue weighted by molar-refractivity contribution is 7.98. The monoisotopic (exact) mass is 262 g/mol. The maximum Gasteiger partial charge on any atom is 0.0847 e. The molecule has 0 fully saturated rings. The summed E-state index contributed by atoms with van der Waals surface area (Å²) in [6.07, 6.45) is 2.87. The number of nitrogens with one attached hydrogen (secondary N) is 1. The number of nitrogens with two attached hydrogens (primary N) is 1. The van der Waals surface area contributed by atoms with Crippen molar-refractivity contribution in [1.82, 2.24) is 15.2 Å². The van der Waals surface area contributed by atoms with E-state index in [0.717, 1.165) is 35.1 Å². The van der Waals surface area contributed by atoms with Gasteiger partial charge in [-0.1, -0.05) is 11.6 Å². The second-order valence-electron chi connectivity index (χ2n) is 3.68. The lowest BCUT2D eigenvalue weighted by Crippen LogP contribution is -2.39. The molecule has 0 aliphatic heterocycles. The number of aryl methyl sites for hydroxylation is 2. The summed E-state index contributed by atoms with van der Waals surface area (Å²) in [7, 11) is 0. The predicted octanol–water partition coefficient (Wildman–Crippen LogP) is 1.60. The SMILES string of the molecule is CCn1nc(C)c(Cl)c1CC(CSC)NN. The van der Waals surface area contributed by atoms with Crippen LogP contribution in [0.2, 0.25) is 5.02 Å². The van der Waals surface area contributed by atoms with Crippen LogP contribution in [0.5, 0.6) is 0 Å². The summed E-state index contributed by atoms with van der Waals surface area (Å²) in [5.41, 5.74) is 4.77. The predicted molar refractivity (Wildman–Crippen MR) is 70.8 cm³/mol. The fraction of sp³-hybridized carbons (Fsp3) is 0.700. The van der Waals surface area contributed by atoms with Crippen LogP contribution in [0.3, 0.4) is 0 Å². The summed E-state index contributed by atoms with van der Waals surface area (Å²) in [6.45, 7) is 4.82. The number of thioether (sulfide) groups is 1. The molecule has 0 saturated carbocycles. The van der Waals surface area contributed by atoms with Gasteiger partial charge in [-0.25, -0.2) is 0 Å². The molecule has 0 bridgehead atoms. The molecule has 0 saturated heterocycles. The highest BCUT2D eigenvalue weighted by atomic mass is 35.5. The molecular weight excluding hydrogens is 244 g/mol. The van der Waals surface area contributed by atoms with Crippen LogP contribution in [0.4, 0.5) is 0 Å². The third kappa shape index (κ3) is 3.13. The van der Waals surface area contributed by atoms with Gasteiger partial charge >= 0.3 is 0 Å². The van der Waals surface area contributed by atoms with E-state index in [0.29, 0.717) is 0 Å². The van der Waals surface area contributed by atoms with Crippen LogP contribution in [-0.2, 0) is 13.0 Å². The summed E-state index contributed by atoms with van der Waals surface area (Å²) in [4.78, 5) is 0. The number of nitrogens with zero attached hydrogens (tertiary/aromatic N) is 2. The fourth-order valence-corrected chi connectivity index (χ4v) is 2.49. The molecule has 1 aromatic heterocycles. The maximum absolute atomic E-state index is 6.24. The van der Waals surface area contributed by atoms with Crippen molar-refractivity contribution in [3.63, 3.8) is 0 Å². The third-order valence-electron chi connectivity index (χ3n) is 2.50. The largest absolute Gasteiger partial charge is 0.271 e. The van der Waals surface area contributed by atoms with Gasteiger partial charge in [0.25, 0.3) is 0 Å². The van der Waals surface area contributed by atoms with E-state index in [1.165, 1.54) is 0 Å². The normalized spacial score (nSPS) is 13.1. The number of aromatic nitrogens is 2. The zero-order valence-electron chi connectivity index (χ0n) is 9.96. The maximum atomic E-state index is 6.24. The Bertz CT molecular complexity index is 340. The van der Waals surface area contributed by atoms with Gasteiger partial charge in [0.05, 0.1) is 16.4 Å². The minimum atomic E-state index is 0.230. The standard InChI is InChI=1S/C10H19ClN4S/c1-4-15-9(10(11)7(2)14-15)5-8(13-12)6-16-3/h8,13H,4-6,12H2,1-3H3. The number of rotatable bonds is 6. The smallest absolute Gasteiger partial charge is 0.0847 e. The Morgan fingerprint density at radius 3 is 2.81 bits per heavy atom. The lowest BCUT2D eigenvalue weighted by molar-refractivity contribution is 0.534. The van der Waals surface area contributed by atoms with Crippen molar-refractivity contribution in [2.45, 2.75) is 32.9 Å². The Kier molecular flexibility index (Phi) is 5.61. The van der Waals surface area contributed by atoms with E-state index in [2.05, 4.69) is 23.7 Å². The minimum Gasteiger partial charge on any atom is -0.271 e. The Morgan fingerprint density at radius 1 is 1.62 bits per heavy atom. The van der Waals surface area contributed by atoms with E-state index in [9.17, 15) is 0 Å². The van der Waals surface area contributed by atoms with Gasteiger partial charge in [-0.15, -0.1) is 0 Å². The van der Waals surface area contributed by atoms with Gasteiger partial charge in [-0.3, -0.25) is 16.0 Å². The van der Waals surface area contributed by atoms with Crippen LogP contribution >= 0.6 is 23.4 Å². The van der Waals surface area contributed by atoms with Crippen molar-refractivity contribution in [3.05, 3.63) is 16.4 Å². The molecule has 16 heavy (non-hydrogen) atoms. The first-order valence-corrected chi connectivity index (χ1v) is 7.08. The van der Waals surface area contributed by atoms with Gasteiger partial charge < -0.3 is 0 Å². The molecule has 1 aromatic rings. The van der Waals surface area contributed by atoms with Crippen LogP contribution in [0.15, 0.2) is 0 Å². The number of hydrogen-bond donors (Lipinski definition) is 2. The van der Waals surface area contributed by atoms with Crippen LogP contribution in [0.25, 0.3) is 0 Å². The van der Waals surface area contributed by atoms with E-state index < -0.39 is 0 Å². The van der Waals surface area contributed by atoms with Crippen LogP contribution in [0, 0.1) is 6.92 Å². The summed E-state index contributed by atoms with van der Waals surface area (Å²) in [5.74, 6) is 6.48.